The average Bonchev–Trinajstić information content (AvgIpc) is 2.62. The van der Waals surface area contributed by atoms with E-state index in [0.29, 0.717) is 5.75 Å². The number of rotatable bonds is 4. The summed E-state index contributed by atoms with van der Waals surface area (Å²) in [7, 11) is 0. The smallest absolute Gasteiger partial charge is 0.308 e. The SMILES string of the molecule is CCc1ccc(-c2ccc(-c3ccc(OC(C)=O)cc3)cc2)cc1. The molecule has 3 aromatic carbocycles. The Balaban J connectivity index is 1.79. The van der Waals surface area contributed by atoms with Crippen molar-refractivity contribution in [2.45, 2.75) is 20.3 Å². The maximum atomic E-state index is 11.0. The zero-order valence-corrected chi connectivity index (χ0v) is 14.0. The van der Waals surface area contributed by atoms with Gasteiger partial charge in [-0.25, -0.2) is 0 Å². The van der Waals surface area contributed by atoms with Gasteiger partial charge in [0.25, 0.3) is 0 Å². The van der Waals surface area contributed by atoms with E-state index in [-0.39, 0.29) is 5.97 Å². The van der Waals surface area contributed by atoms with Crippen LogP contribution in [-0.2, 0) is 11.2 Å². The summed E-state index contributed by atoms with van der Waals surface area (Å²) < 4.78 is 5.06. The monoisotopic (exact) mass is 316 g/mol. The van der Waals surface area contributed by atoms with Crippen molar-refractivity contribution in [2.75, 3.05) is 0 Å². The third-order valence-electron chi connectivity index (χ3n) is 4.03. The molecular weight excluding hydrogens is 296 g/mol. The average molecular weight is 316 g/mol. The minimum Gasteiger partial charge on any atom is -0.427 e. The summed E-state index contributed by atoms with van der Waals surface area (Å²) in [6.07, 6.45) is 1.06. The molecule has 2 heteroatoms. The van der Waals surface area contributed by atoms with Gasteiger partial charge in [-0.05, 0) is 46.4 Å². The Labute approximate surface area is 142 Å². The van der Waals surface area contributed by atoms with E-state index in [4.69, 9.17) is 4.74 Å². The molecule has 0 fully saturated rings. The molecule has 0 heterocycles. The molecule has 0 aliphatic rings. The summed E-state index contributed by atoms with van der Waals surface area (Å²) in [5, 5.41) is 0. The molecule has 3 rings (SSSR count). The quantitative estimate of drug-likeness (QED) is 0.469. The van der Waals surface area contributed by atoms with Gasteiger partial charge >= 0.3 is 5.97 Å². The fraction of sp³-hybridized carbons (Fsp3) is 0.136. The Morgan fingerprint density at radius 2 is 1.08 bits per heavy atom. The minimum absolute atomic E-state index is 0.304. The normalized spacial score (nSPS) is 10.4. The zero-order chi connectivity index (χ0) is 16.9. The van der Waals surface area contributed by atoms with Gasteiger partial charge in [-0.2, -0.15) is 0 Å². The first-order valence-electron chi connectivity index (χ1n) is 8.14. The van der Waals surface area contributed by atoms with Crippen molar-refractivity contribution in [1.82, 2.24) is 0 Å². The lowest BCUT2D eigenvalue weighted by Crippen LogP contribution is -2.00. The number of ether oxygens (including phenoxy) is 1. The van der Waals surface area contributed by atoms with Crippen LogP contribution in [-0.4, -0.2) is 5.97 Å². The molecule has 0 saturated carbocycles. The molecule has 0 aliphatic heterocycles. The largest absolute Gasteiger partial charge is 0.427 e. The fourth-order valence-corrected chi connectivity index (χ4v) is 2.67. The van der Waals surface area contributed by atoms with Crippen molar-refractivity contribution < 1.29 is 9.53 Å². The second kappa shape index (κ2) is 7.14. The first kappa shape index (κ1) is 16.0. The number of hydrogen-bond acceptors (Lipinski definition) is 2. The molecule has 24 heavy (non-hydrogen) atoms. The van der Waals surface area contributed by atoms with Crippen molar-refractivity contribution >= 4 is 5.97 Å². The first-order valence-corrected chi connectivity index (χ1v) is 8.14. The maximum Gasteiger partial charge on any atom is 0.308 e. The van der Waals surface area contributed by atoms with Gasteiger partial charge in [0, 0.05) is 6.92 Å². The molecule has 3 aromatic rings. The van der Waals surface area contributed by atoms with Crippen LogP contribution in [0.1, 0.15) is 19.4 Å². The molecule has 0 atom stereocenters. The second-order valence-corrected chi connectivity index (χ2v) is 5.75. The van der Waals surface area contributed by atoms with E-state index in [1.54, 1.807) is 0 Å². The van der Waals surface area contributed by atoms with Gasteiger partial charge in [0.15, 0.2) is 0 Å². The molecule has 0 radical (unpaired) electrons. The number of benzene rings is 3. The van der Waals surface area contributed by atoms with Gasteiger partial charge in [-0.3, -0.25) is 4.79 Å². The summed E-state index contributed by atoms with van der Waals surface area (Å²) in [6, 6.07) is 24.7. The standard InChI is InChI=1S/C22H20O2/c1-3-17-4-6-18(7-5-17)19-8-10-20(11-9-19)21-12-14-22(15-13-21)24-16(2)23/h4-15H,3H2,1-2H3. The predicted octanol–water partition coefficient (Wildman–Crippen LogP) is 5.51. The van der Waals surface area contributed by atoms with Gasteiger partial charge in [0.1, 0.15) is 5.75 Å². The Morgan fingerprint density at radius 3 is 1.46 bits per heavy atom. The van der Waals surface area contributed by atoms with Gasteiger partial charge in [-0.1, -0.05) is 67.6 Å². The maximum absolute atomic E-state index is 11.0. The van der Waals surface area contributed by atoms with E-state index in [1.165, 1.54) is 23.6 Å². The third kappa shape index (κ3) is 3.72. The molecule has 2 nitrogen and oxygen atoms in total. The van der Waals surface area contributed by atoms with Gasteiger partial charge < -0.3 is 4.74 Å². The highest BCUT2D eigenvalue weighted by Crippen LogP contribution is 2.26. The Hall–Kier alpha value is -2.87. The highest BCUT2D eigenvalue weighted by atomic mass is 16.5. The molecule has 0 unspecified atom stereocenters. The van der Waals surface area contributed by atoms with Crippen molar-refractivity contribution in [3.63, 3.8) is 0 Å². The fourth-order valence-electron chi connectivity index (χ4n) is 2.67. The highest BCUT2D eigenvalue weighted by Gasteiger charge is 2.02. The number of aryl methyl sites for hydroxylation is 1. The highest BCUT2D eigenvalue weighted by molar-refractivity contribution is 5.72. The van der Waals surface area contributed by atoms with Crippen molar-refractivity contribution in [3.05, 3.63) is 78.4 Å². The minimum atomic E-state index is -0.304. The van der Waals surface area contributed by atoms with Crippen LogP contribution < -0.4 is 4.74 Å². The lowest BCUT2D eigenvalue weighted by Gasteiger charge is -2.07. The van der Waals surface area contributed by atoms with Crippen LogP contribution >= 0.6 is 0 Å². The van der Waals surface area contributed by atoms with Crippen molar-refractivity contribution in [1.29, 1.82) is 0 Å². The molecule has 0 aromatic heterocycles. The van der Waals surface area contributed by atoms with Crippen LogP contribution in [0.25, 0.3) is 22.3 Å². The number of esters is 1. The second-order valence-electron chi connectivity index (χ2n) is 5.75. The number of carbonyl (C=O) groups excluding carboxylic acids is 1. The predicted molar refractivity (Wildman–Crippen MR) is 98.0 cm³/mol. The Bertz CT molecular complexity index is 813. The molecule has 0 spiro atoms. The molecule has 0 bridgehead atoms. The van der Waals surface area contributed by atoms with E-state index in [2.05, 4.69) is 55.5 Å². The summed E-state index contributed by atoms with van der Waals surface area (Å²) in [5.41, 5.74) is 6.02. The molecule has 0 N–H and O–H groups in total. The number of carbonyl (C=O) groups is 1. The molecule has 0 amide bonds. The lowest BCUT2D eigenvalue weighted by molar-refractivity contribution is -0.131. The van der Waals surface area contributed by atoms with Crippen LogP contribution in [0.3, 0.4) is 0 Å². The van der Waals surface area contributed by atoms with E-state index in [9.17, 15) is 4.79 Å². The lowest BCUT2D eigenvalue weighted by atomic mass is 9.99. The Morgan fingerprint density at radius 1 is 0.708 bits per heavy atom. The van der Waals surface area contributed by atoms with Crippen LogP contribution in [0.2, 0.25) is 0 Å². The van der Waals surface area contributed by atoms with E-state index in [0.717, 1.165) is 17.5 Å². The van der Waals surface area contributed by atoms with Crippen LogP contribution in [0, 0.1) is 0 Å². The Kier molecular flexibility index (Phi) is 4.76. The molecule has 0 aliphatic carbocycles. The van der Waals surface area contributed by atoms with E-state index < -0.39 is 0 Å². The van der Waals surface area contributed by atoms with Crippen molar-refractivity contribution in [2.24, 2.45) is 0 Å². The van der Waals surface area contributed by atoms with Crippen LogP contribution in [0.4, 0.5) is 0 Å². The van der Waals surface area contributed by atoms with Gasteiger partial charge in [0.05, 0.1) is 0 Å². The summed E-state index contributed by atoms with van der Waals surface area (Å²) >= 11 is 0. The van der Waals surface area contributed by atoms with Gasteiger partial charge in [-0.15, -0.1) is 0 Å². The summed E-state index contributed by atoms with van der Waals surface area (Å²) in [5.74, 6) is 0.264. The van der Waals surface area contributed by atoms with Crippen LogP contribution in [0.15, 0.2) is 72.8 Å². The first-order chi connectivity index (χ1) is 11.7. The number of hydrogen-bond donors (Lipinski definition) is 0. The topological polar surface area (TPSA) is 26.3 Å². The van der Waals surface area contributed by atoms with Crippen molar-refractivity contribution in [3.8, 4) is 28.0 Å². The van der Waals surface area contributed by atoms with Crippen LogP contribution in [0.5, 0.6) is 5.75 Å². The van der Waals surface area contributed by atoms with E-state index >= 15 is 0 Å². The zero-order valence-electron chi connectivity index (χ0n) is 14.0. The summed E-state index contributed by atoms with van der Waals surface area (Å²) in [4.78, 5) is 11.0. The summed E-state index contributed by atoms with van der Waals surface area (Å²) in [6.45, 7) is 3.57. The third-order valence-corrected chi connectivity index (χ3v) is 4.03. The van der Waals surface area contributed by atoms with Gasteiger partial charge in [0.2, 0.25) is 0 Å². The molecular formula is C22H20O2. The molecule has 120 valence electrons. The van der Waals surface area contributed by atoms with E-state index in [1.807, 2.05) is 24.3 Å². The molecule has 0 saturated heterocycles.